The smallest absolute Gasteiger partial charge is 0.174 e. The van der Waals surface area contributed by atoms with Gasteiger partial charge in [-0.05, 0) is 31.5 Å². The van der Waals surface area contributed by atoms with Crippen LogP contribution in [0.15, 0.2) is 42.5 Å². The van der Waals surface area contributed by atoms with E-state index in [4.69, 9.17) is 9.47 Å². The number of rotatable bonds is 5. The highest BCUT2D eigenvalue weighted by atomic mass is 19.1. The molecule has 2 aromatic carbocycles. The lowest BCUT2D eigenvalue weighted by Gasteiger charge is -2.22. The van der Waals surface area contributed by atoms with E-state index < -0.39 is 11.4 Å². The Kier molecular flexibility index (Phi) is 4.48. The van der Waals surface area contributed by atoms with Crippen LogP contribution < -0.4 is 9.47 Å². The van der Waals surface area contributed by atoms with Crippen LogP contribution in [0.5, 0.6) is 11.5 Å². The minimum Gasteiger partial charge on any atom is -0.496 e. The summed E-state index contributed by atoms with van der Waals surface area (Å²) in [5.41, 5.74) is -0.324. The van der Waals surface area contributed by atoms with E-state index in [0.717, 1.165) is 5.56 Å². The molecule has 3 nitrogen and oxygen atoms in total. The van der Waals surface area contributed by atoms with Crippen molar-refractivity contribution in [1.82, 2.24) is 0 Å². The van der Waals surface area contributed by atoms with Crippen LogP contribution in [0.4, 0.5) is 4.39 Å². The molecule has 1 N–H and O–H groups in total. The van der Waals surface area contributed by atoms with Crippen LogP contribution in [0.25, 0.3) is 0 Å². The van der Waals surface area contributed by atoms with Crippen LogP contribution in [0.1, 0.15) is 25.0 Å². The fraction of sp³-hybridized carbons (Fsp3) is 0.294. The minimum atomic E-state index is -1.36. The molecule has 2 rings (SSSR count). The second-order valence-corrected chi connectivity index (χ2v) is 5.29. The van der Waals surface area contributed by atoms with Crippen molar-refractivity contribution in [2.75, 3.05) is 7.11 Å². The Morgan fingerprint density at radius 1 is 1.05 bits per heavy atom. The predicted octanol–water partition coefficient (Wildman–Crippen LogP) is 3.64. The fourth-order valence-corrected chi connectivity index (χ4v) is 2.13. The summed E-state index contributed by atoms with van der Waals surface area (Å²) in [6.07, 6.45) is 0. The zero-order valence-corrected chi connectivity index (χ0v) is 12.4. The highest BCUT2D eigenvalue weighted by Crippen LogP contribution is 2.36. The molecule has 0 heterocycles. The Balaban J connectivity index is 2.29. The molecule has 4 heteroatoms. The molecule has 0 spiro atoms. The first-order valence-corrected chi connectivity index (χ1v) is 6.69. The number of methoxy groups -OCH3 is 1. The molecule has 0 saturated heterocycles. The number of ether oxygens (including phenoxy) is 2. The van der Waals surface area contributed by atoms with Crippen LogP contribution in [0.3, 0.4) is 0 Å². The molecule has 0 aliphatic heterocycles. The maximum absolute atomic E-state index is 14.6. The largest absolute Gasteiger partial charge is 0.496 e. The Labute approximate surface area is 124 Å². The van der Waals surface area contributed by atoms with Crippen molar-refractivity contribution >= 4 is 0 Å². The van der Waals surface area contributed by atoms with Crippen molar-refractivity contribution in [1.29, 1.82) is 0 Å². The number of halogens is 1. The van der Waals surface area contributed by atoms with E-state index in [1.165, 1.54) is 27.0 Å². The predicted molar refractivity (Wildman–Crippen MR) is 79.0 cm³/mol. The molecule has 21 heavy (non-hydrogen) atoms. The summed E-state index contributed by atoms with van der Waals surface area (Å²) in [7, 11) is 1.44. The SMILES string of the molecule is COc1ccc(OCc2ccccc2)c(F)c1C(C)(C)O. The third-order valence-electron chi connectivity index (χ3n) is 3.14. The van der Waals surface area contributed by atoms with E-state index in [0.29, 0.717) is 5.75 Å². The molecule has 2 aromatic rings. The van der Waals surface area contributed by atoms with Gasteiger partial charge in [0.15, 0.2) is 11.6 Å². The monoisotopic (exact) mass is 290 g/mol. The molecular formula is C17H19FO3. The lowest BCUT2D eigenvalue weighted by Crippen LogP contribution is -2.19. The van der Waals surface area contributed by atoms with Crippen molar-refractivity contribution in [3.63, 3.8) is 0 Å². The maximum Gasteiger partial charge on any atom is 0.174 e. The maximum atomic E-state index is 14.6. The Hall–Kier alpha value is -2.07. The van der Waals surface area contributed by atoms with Crippen LogP contribution in [0.2, 0.25) is 0 Å². The van der Waals surface area contributed by atoms with E-state index in [-0.39, 0.29) is 17.9 Å². The molecule has 0 aliphatic rings. The van der Waals surface area contributed by atoms with Crippen molar-refractivity contribution in [2.24, 2.45) is 0 Å². The second-order valence-electron chi connectivity index (χ2n) is 5.29. The lowest BCUT2D eigenvalue weighted by molar-refractivity contribution is 0.0705. The normalized spacial score (nSPS) is 11.3. The molecule has 0 bridgehead atoms. The Bertz CT molecular complexity index is 603. The number of aliphatic hydroxyl groups is 1. The van der Waals surface area contributed by atoms with Crippen molar-refractivity contribution < 1.29 is 19.0 Å². The van der Waals surface area contributed by atoms with Gasteiger partial charge in [-0.25, -0.2) is 4.39 Å². The summed E-state index contributed by atoms with van der Waals surface area (Å²) < 4.78 is 25.2. The Morgan fingerprint density at radius 2 is 1.67 bits per heavy atom. The van der Waals surface area contributed by atoms with E-state index in [9.17, 15) is 9.50 Å². The van der Waals surface area contributed by atoms with Gasteiger partial charge in [0.1, 0.15) is 12.4 Å². The molecule has 0 saturated carbocycles. The molecular weight excluding hydrogens is 271 g/mol. The van der Waals surface area contributed by atoms with Gasteiger partial charge in [-0.15, -0.1) is 0 Å². The minimum absolute atomic E-state index is 0.0931. The van der Waals surface area contributed by atoms with Gasteiger partial charge in [-0.2, -0.15) is 0 Å². The third kappa shape index (κ3) is 3.52. The van der Waals surface area contributed by atoms with E-state index in [1.54, 1.807) is 6.07 Å². The molecule has 0 aromatic heterocycles. The zero-order chi connectivity index (χ0) is 15.5. The van der Waals surface area contributed by atoms with E-state index in [1.807, 2.05) is 30.3 Å². The number of benzene rings is 2. The Morgan fingerprint density at radius 3 is 2.24 bits per heavy atom. The molecule has 0 unspecified atom stereocenters. The summed E-state index contributed by atoms with van der Waals surface area (Å²) in [4.78, 5) is 0. The third-order valence-corrected chi connectivity index (χ3v) is 3.14. The first-order chi connectivity index (χ1) is 9.93. The van der Waals surface area contributed by atoms with Crippen molar-refractivity contribution in [3.8, 4) is 11.5 Å². The van der Waals surface area contributed by atoms with Crippen molar-refractivity contribution in [2.45, 2.75) is 26.1 Å². The number of hydrogen-bond acceptors (Lipinski definition) is 3. The summed E-state index contributed by atoms with van der Waals surface area (Å²) in [5, 5.41) is 10.1. The highest BCUT2D eigenvalue weighted by Gasteiger charge is 2.28. The van der Waals surface area contributed by atoms with Gasteiger partial charge >= 0.3 is 0 Å². The van der Waals surface area contributed by atoms with E-state index >= 15 is 0 Å². The topological polar surface area (TPSA) is 38.7 Å². The van der Waals surface area contributed by atoms with E-state index in [2.05, 4.69) is 0 Å². The van der Waals surface area contributed by atoms with Gasteiger partial charge in [0, 0.05) is 0 Å². The van der Waals surface area contributed by atoms with Gasteiger partial charge in [-0.3, -0.25) is 0 Å². The average molecular weight is 290 g/mol. The molecule has 112 valence electrons. The summed E-state index contributed by atoms with van der Waals surface area (Å²) in [5.74, 6) is -0.207. The average Bonchev–Trinajstić information content (AvgIpc) is 2.45. The van der Waals surface area contributed by atoms with Gasteiger partial charge in [0.05, 0.1) is 18.3 Å². The molecule has 0 atom stereocenters. The zero-order valence-electron chi connectivity index (χ0n) is 12.4. The number of hydrogen-bond donors (Lipinski definition) is 1. The fourth-order valence-electron chi connectivity index (χ4n) is 2.13. The summed E-state index contributed by atoms with van der Waals surface area (Å²) in [6, 6.07) is 12.6. The standard InChI is InChI=1S/C17H19FO3/c1-17(2,19)15-13(20-3)9-10-14(16(15)18)21-11-12-7-5-4-6-8-12/h4-10,19H,11H2,1-3H3. The van der Waals surface area contributed by atoms with Crippen LogP contribution in [-0.4, -0.2) is 12.2 Å². The highest BCUT2D eigenvalue weighted by molar-refractivity contribution is 5.45. The molecule has 0 amide bonds. The molecule has 0 radical (unpaired) electrons. The quantitative estimate of drug-likeness (QED) is 0.913. The summed E-state index contributed by atoms with van der Waals surface area (Å²) >= 11 is 0. The van der Waals surface area contributed by atoms with Gasteiger partial charge in [0.2, 0.25) is 0 Å². The van der Waals surface area contributed by atoms with Gasteiger partial charge < -0.3 is 14.6 Å². The molecule has 0 fully saturated rings. The van der Waals surface area contributed by atoms with Crippen LogP contribution in [0, 0.1) is 5.82 Å². The van der Waals surface area contributed by atoms with Crippen LogP contribution >= 0.6 is 0 Å². The second kappa shape index (κ2) is 6.14. The van der Waals surface area contributed by atoms with Crippen LogP contribution in [-0.2, 0) is 12.2 Å². The molecule has 0 aliphatic carbocycles. The lowest BCUT2D eigenvalue weighted by atomic mass is 9.96. The summed E-state index contributed by atoms with van der Waals surface area (Å²) in [6.45, 7) is 3.28. The first-order valence-electron chi connectivity index (χ1n) is 6.69. The van der Waals surface area contributed by atoms with Gasteiger partial charge in [0.25, 0.3) is 0 Å². The van der Waals surface area contributed by atoms with Gasteiger partial charge in [-0.1, -0.05) is 30.3 Å². The first kappa shape index (κ1) is 15.3. The van der Waals surface area contributed by atoms with Crippen molar-refractivity contribution in [3.05, 3.63) is 59.4 Å².